The second-order valence-electron chi connectivity index (χ2n) is 6.78. The molecule has 0 fully saturated rings. The number of rotatable bonds is 8. The van der Waals surface area contributed by atoms with E-state index in [-0.39, 0.29) is 23.4 Å². The summed E-state index contributed by atoms with van der Waals surface area (Å²) in [4.78, 5) is 25.0. The lowest BCUT2D eigenvalue weighted by molar-refractivity contribution is -0.385. The van der Waals surface area contributed by atoms with Gasteiger partial charge >= 0.3 is 0 Å². The first-order chi connectivity index (χ1) is 14.5. The van der Waals surface area contributed by atoms with Crippen molar-refractivity contribution in [2.75, 3.05) is 25.7 Å². The Kier molecular flexibility index (Phi) is 5.58. The summed E-state index contributed by atoms with van der Waals surface area (Å²) < 4.78 is 44.4. The van der Waals surface area contributed by atoms with Crippen LogP contribution in [0.5, 0.6) is 11.5 Å². The quantitative estimate of drug-likeness (QED) is 0.462. The Morgan fingerprint density at radius 1 is 1.30 bits per heavy atom. The van der Waals surface area contributed by atoms with Crippen molar-refractivity contribution in [3.63, 3.8) is 0 Å². The van der Waals surface area contributed by atoms with Crippen molar-refractivity contribution in [3.8, 4) is 11.5 Å². The lowest BCUT2D eigenvalue weighted by Gasteiger charge is -2.28. The number of benzene rings is 2. The number of nitro groups is 1. The summed E-state index contributed by atoms with van der Waals surface area (Å²) in [6.07, 6.45) is 0.972. The third kappa shape index (κ3) is 4.23. The molecule has 0 aromatic heterocycles. The van der Waals surface area contributed by atoms with Crippen molar-refractivity contribution in [2.45, 2.75) is 19.5 Å². The second kappa shape index (κ2) is 8.31. The van der Waals surface area contributed by atoms with E-state index in [1.54, 1.807) is 13.0 Å². The van der Waals surface area contributed by atoms with Crippen LogP contribution in [0, 0.1) is 10.1 Å². The molecule has 1 aliphatic rings. The highest BCUT2D eigenvalue weighted by molar-refractivity contribution is 7.90. The van der Waals surface area contributed by atoms with Gasteiger partial charge in [-0.15, -0.1) is 0 Å². The maximum absolute atomic E-state index is 13.2. The highest BCUT2D eigenvalue weighted by Crippen LogP contribution is 2.38. The number of methoxy groups -OCH3 is 1. The van der Waals surface area contributed by atoms with E-state index in [2.05, 4.69) is 0 Å². The minimum atomic E-state index is -3.73. The van der Waals surface area contributed by atoms with E-state index in [1.807, 2.05) is 0 Å². The van der Waals surface area contributed by atoms with Crippen LogP contribution in [0.3, 0.4) is 0 Å². The van der Waals surface area contributed by atoms with Crippen LogP contribution in [0.4, 0.5) is 5.69 Å². The van der Waals surface area contributed by atoms with Gasteiger partial charge in [0, 0.05) is 18.9 Å². The molecule has 2 aromatic carbocycles. The normalized spacial score (nSPS) is 15.9. The molecule has 30 heavy (non-hydrogen) atoms. The van der Waals surface area contributed by atoms with Crippen molar-refractivity contribution >= 4 is 21.4 Å². The minimum Gasteiger partial charge on any atom is -0.493 e. The molecule has 0 aliphatic carbocycles. The van der Waals surface area contributed by atoms with Gasteiger partial charge in [0.05, 0.1) is 31.8 Å². The lowest BCUT2D eigenvalue weighted by Crippen LogP contribution is -2.33. The molecule has 160 valence electrons. The molecule has 1 amide bonds. The number of amides is 1. The zero-order chi connectivity index (χ0) is 23.0. The molecule has 2 aromatic rings. The van der Waals surface area contributed by atoms with Gasteiger partial charge in [0.25, 0.3) is 11.6 Å². The summed E-state index contributed by atoms with van der Waals surface area (Å²) in [6, 6.07) is 6.66. The highest BCUT2D eigenvalue weighted by atomic mass is 32.2. The Morgan fingerprint density at radius 3 is 2.63 bits per heavy atom. The predicted octanol–water partition coefficient (Wildman–Crippen LogP) is 2.74. The predicted molar refractivity (Wildman–Crippen MR) is 110 cm³/mol. The van der Waals surface area contributed by atoms with Crippen LogP contribution in [0.15, 0.2) is 36.4 Å². The first-order valence-corrected chi connectivity index (χ1v) is 11.1. The van der Waals surface area contributed by atoms with Gasteiger partial charge in [-0.25, -0.2) is 8.42 Å². The summed E-state index contributed by atoms with van der Waals surface area (Å²) in [5, 5.41) is 11.4. The number of carbonyl (C=O) groups excluding carboxylic acids is 1. The van der Waals surface area contributed by atoms with Crippen LogP contribution in [-0.2, 0) is 16.4 Å². The summed E-state index contributed by atoms with van der Waals surface area (Å²) in [5.74, 6) is -0.790. The van der Waals surface area contributed by atoms with Crippen LogP contribution in [0.2, 0.25) is 0 Å². The molecule has 0 N–H and O–H groups in total. The zero-order valence-corrected chi connectivity index (χ0v) is 17.6. The first kappa shape index (κ1) is 20.1. The Morgan fingerprint density at radius 2 is 2.03 bits per heavy atom. The van der Waals surface area contributed by atoms with E-state index in [0.717, 1.165) is 11.2 Å². The van der Waals surface area contributed by atoms with E-state index in [4.69, 9.17) is 10.8 Å². The fourth-order valence-corrected chi connectivity index (χ4v) is 4.22. The number of carbonyl (C=O) groups is 1. The number of hydrogen-bond acceptors (Lipinski definition) is 7. The molecule has 0 unspecified atom stereocenters. The molecular formula is C20H22N2O7S. The molecule has 0 spiro atoms. The monoisotopic (exact) mass is 435 g/mol. The molecule has 0 radical (unpaired) electrons. The maximum Gasteiger partial charge on any atom is 0.282 e. The van der Waals surface area contributed by atoms with Crippen molar-refractivity contribution in [3.05, 3.63) is 63.2 Å². The van der Waals surface area contributed by atoms with Crippen LogP contribution in [0.1, 0.15) is 35.8 Å². The smallest absolute Gasteiger partial charge is 0.282 e. The molecule has 3 rings (SSSR count). The van der Waals surface area contributed by atoms with E-state index in [1.165, 1.54) is 37.4 Å². The third-order valence-corrected chi connectivity index (χ3v) is 5.43. The molecule has 1 aliphatic heterocycles. The standard InChI is InChI=1S/C20H22N2O7S/c1-4-29-18-10-13(8-9-17(18)28-2)16(12-30(3,26)27)21-11-14-6-5-7-15(22(24)25)19(14)20(21)23/h5-10,16H,4,11-12H2,1-3H3/t16-/m1/s1/i16D. The summed E-state index contributed by atoms with van der Waals surface area (Å²) in [6.45, 7) is 1.93. The molecule has 1 heterocycles. The topological polar surface area (TPSA) is 116 Å². The fourth-order valence-electron chi connectivity index (χ4n) is 3.40. The first-order valence-electron chi connectivity index (χ1n) is 9.59. The fraction of sp³-hybridized carbons (Fsp3) is 0.350. The number of fused-ring (bicyclic) bond motifs is 1. The van der Waals surface area contributed by atoms with Gasteiger partial charge in [0.2, 0.25) is 0 Å². The third-order valence-electron chi connectivity index (χ3n) is 4.63. The van der Waals surface area contributed by atoms with Crippen LogP contribution in [-0.4, -0.2) is 49.9 Å². The average Bonchev–Trinajstić information content (AvgIpc) is 3.04. The zero-order valence-electron chi connectivity index (χ0n) is 17.7. The van der Waals surface area contributed by atoms with Gasteiger partial charge < -0.3 is 14.4 Å². The SMILES string of the molecule is [2H][C@@](CS(C)(=O)=O)(c1ccc(OC)c(OCC)c1)N1Cc2cccc([N+](=O)[O-])c2C1=O. The Hall–Kier alpha value is -3.14. The molecule has 0 saturated carbocycles. The molecular weight excluding hydrogens is 412 g/mol. The largest absolute Gasteiger partial charge is 0.493 e. The van der Waals surface area contributed by atoms with Gasteiger partial charge in [-0.05, 0) is 30.2 Å². The number of hydrogen-bond donors (Lipinski definition) is 0. The van der Waals surface area contributed by atoms with Crippen molar-refractivity contribution in [2.24, 2.45) is 0 Å². The van der Waals surface area contributed by atoms with E-state index < -0.39 is 32.4 Å². The molecule has 10 heteroatoms. The molecule has 0 saturated heterocycles. The van der Waals surface area contributed by atoms with Gasteiger partial charge in [0.15, 0.2) is 11.5 Å². The van der Waals surface area contributed by atoms with Crippen molar-refractivity contribution < 1.29 is 29.0 Å². The Balaban J connectivity index is 2.17. The number of sulfone groups is 1. The van der Waals surface area contributed by atoms with Gasteiger partial charge in [-0.2, -0.15) is 0 Å². The van der Waals surface area contributed by atoms with E-state index in [0.29, 0.717) is 23.7 Å². The van der Waals surface area contributed by atoms with Gasteiger partial charge in [0.1, 0.15) is 15.4 Å². The summed E-state index contributed by atoms with van der Waals surface area (Å²) >= 11 is 0. The average molecular weight is 435 g/mol. The Bertz CT molecular complexity index is 1150. The summed E-state index contributed by atoms with van der Waals surface area (Å²) in [5.41, 5.74) is 0.0430. The van der Waals surface area contributed by atoms with Gasteiger partial charge in [-0.1, -0.05) is 18.2 Å². The second-order valence-corrected chi connectivity index (χ2v) is 8.92. The van der Waals surface area contributed by atoms with Gasteiger partial charge in [-0.3, -0.25) is 14.9 Å². The van der Waals surface area contributed by atoms with E-state index in [9.17, 15) is 23.3 Å². The van der Waals surface area contributed by atoms with E-state index >= 15 is 0 Å². The van der Waals surface area contributed by atoms with Crippen molar-refractivity contribution in [1.82, 2.24) is 4.90 Å². The lowest BCUT2D eigenvalue weighted by atomic mass is 10.1. The Labute approximate surface area is 175 Å². The minimum absolute atomic E-state index is 0.129. The van der Waals surface area contributed by atoms with Crippen LogP contribution >= 0.6 is 0 Å². The molecule has 1 atom stereocenters. The van der Waals surface area contributed by atoms with Crippen LogP contribution in [0.25, 0.3) is 0 Å². The summed E-state index contributed by atoms with van der Waals surface area (Å²) in [7, 11) is -2.29. The molecule has 0 bridgehead atoms. The molecule has 9 nitrogen and oxygen atoms in total. The number of nitrogens with zero attached hydrogens (tertiary/aromatic N) is 2. The highest BCUT2D eigenvalue weighted by Gasteiger charge is 2.39. The van der Waals surface area contributed by atoms with Crippen molar-refractivity contribution in [1.29, 1.82) is 0 Å². The maximum atomic E-state index is 13.2. The number of nitro benzene ring substituents is 1. The van der Waals surface area contributed by atoms with Crippen LogP contribution < -0.4 is 9.47 Å². The number of ether oxygens (including phenoxy) is 2.